The first kappa shape index (κ1) is 19.7. The fraction of sp³-hybridized carbons (Fsp3) is 0.174. The van der Waals surface area contributed by atoms with Crippen molar-refractivity contribution in [3.05, 3.63) is 95.8 Å². The van der Waals surface area contributed by atoms with Crippen molar-refractivity contribution in [3.63, 3.8) is 0 Å². The van der Waals surface area contributed by atoms with Crippen LogP contribution in [0.2, 0.25) is 0 Å². The van der Waals surface area contributed by atoms with Gasteiger partial charge in [-0.25, -0.2) is 19.0 Å². The quantitative estimate of drug-likeness (QED) is 0.482. The van der Waals surface area contributed by atoms with Crippen LogP contribution in [-0.2, 0) is 6.54 Å². The number of aromatic nitrogens is 4. The van der Waals surface area contributed by atoms with E-state index in [-0.39, 0.29) is 11.9 Å². The number of ether oxygens (including phenoxy) is 1. The molecule has 152 valence electrons. The molecular formula is C23H22FN5O. The predicted molar refractivity (Wildman–Crippen MR) is 112 cm³/mol. The summed E-state index contributed by atoms with van der Waals surface area (Å²) < 4.78 is 20.9. The number of nitrogens with one attached hydrogen (secondary N) is 1. The molecule has 2 aromatic carbocycles. The molecule has 0 amide bonds. The maximum absolute atomic E-state index is 13.5. The van der Waals surface area contributed by atoms with Gasteiger partial charge in [0.25, 0.3) is 0 Å². The number of hydrogen-bond donors (Lipinski definition) is 1. The van der Waals surface area contributed by atoms with Crippen molar-refractivity contribution < 1.29 is 9.13 Å². The summed E-state index contributed by atoms with van der Waals surface area (Å²) in [6, 6.07) is 16.4. The molecule has 0 radical (unpaired) electrons. The van der Waals surface area contributed by atoms with Gasteiger partial charge in [0, 0.05) is 36.2 Å². The molecule has 6 nitrogen and oxygen atoms in total. The van der Waals surface area contributed by atoms with Crippen LogP contribution >= 0.6 is 0 Å². The minimum atomic E-state index is -0.277. The van der Waals surface area contributed by atoms with E-state index in [1.807, 2.05) is 43.5 Å². The average molecular weight is 403 g/mol. The summed E-state index contributed by atoms with van der Waals surface area (Å²) >= 11 is 0. The molecule has 0 aliphatic carbocycles. The Hall–Kier alpha value is -3.58. The molecule has 0 unspecified atom stereocenters. The monoisotopic (exact) mass is 403 g/mol. The Kier molecular flexibility index (Phi) is 5.81. The molecule has 0 spiro atoms. The molecule has 0 fully saturated rings. The third-order valence-electron chi connectivity index (χ3n) is 4.85. The van der Waals surface area contributed by atoms with E-state index in [0.29, 0.717) is 24.0 Å². The summed E-state index contributed by atoms with van der Waals surface area (Å²) in [5.74, 6) is 0.409. The minimum absolute atomic E-state index is 0.0842. The van der Waals surface area contributed by atoms with Crippen LogP contribution in [0.4, 0.5) is 4.39 Å². The standard InChI is InChI=1S/C23H22FN5O/c1-16(22-15-28-29(17(22)2)20-6-3-5-19(24)13-20)27-14-18-7-9-21(10-8-18)30-23-25-11-4-12-26-23/h3-13,15-16,27H,14H2,1-2H3/t16-/m1/s1. The summed E-state index contributed by atoms with van der Waals surface area (Å²) in [4.78, 5) is 8.10. The van der Waals surface area contributed by atoms with Crippen molar-refractivity contribution in [2.24, 2.45) is 0 Å². The topological polar surface area (TPSA) is 64.9 Å². The summed E-state index contributed by atoms with van der Waals surface area (Å²) in [6.45, 7) is 4.77. The molecule has 0 bridgehead atoms. The molecule has 2 aromatic heterocycles. The van der Waals surface area contributed by atoms with Gasteiger partial charge in [-0.3, -0.25) is 0 Å². The molecular weight excluding hydrogens is 381 g/mol. The zero-order valence-electron chi connectivity index (χ0n) is 16.8. The van der Waals surface area contributed by atoms with Gasteiger partial charge in [0.1, 0.15) is 11.6 Å². The first-order chi connectivity index (χ1) is 14.6. The van der Waals surface area contributed by atoms with Gasteiger partial charge in [-0.1, -0.05) is 18.2 Å². The average Bonchev–Trinajstić information content (AvgIpc) is 3.15. The van der Waals surface area contributed by atoms with Gasteiger partial charge in [-0.05, 0) is 55.8 Å². The van der Waals surface area contributed by atoms with Gasteiger partial charge in [0.2, 0.25) is 0 Å². The predicted octanol–water partition coefficient (Wildman–Crippen LogP) is 4.75. The van der Waals surface area contributed by atoms with E-state index in [0.717, 1.165) is 16.8 Å². The van der Waals surface area contributed by atoms with Crippen molar-refractivity contribution in [1.82, 2.24) is 25.1 Å². The molecule has 1 atom stereocenters. The Labute approximate surface area is 174 Å². The molecule has 1 N–H and O–H groups in total. The third kappa shape index (κ3) is 4.52. The van der Waals surface area contributed by atoms with E-state index in [9.17, 15) is 4.39 Å². The van der Waals surface area contributed by atoms with Crippen molar-refractivity contribution >= 4 is 0 Å². The lowest BCUT2D eigenvalue weighted by molar-refractivity contribution is 0.441. The van der Waals surface area contributed by atoms with Crippen LogP contribution in [0.3, 0.4) is 0 Å². The smallest absolute Gasteiger partial charge is 0.321 e. The number of halogens is 1. The van der Waals surface area contributed by atoms with E-state index in [1.165, 1.54) is 12.1 Å². The fourth-order valence-electron chi connectivity index (χ4n) is 3.22. The van der Waals surface area contributed by atoms with Crippen molar-refractivity contribution in [1.29, 1.82) is 0 Å². The van der Waals surface area contributed by atoms with E-state index < -0.39 is 0 Å². The van der Waals surface area contributed by atoms with Gasteiger partial charge in [-0.2, -0.15) is 5.10 Å². The molecule has 0 saturated heterocycles. The zero-order chi connectivity index (χ0) is 20.9. The van der Waals surface area contributed by atoms with E-state index in [2.05, 4.69) is 27.3 Å². The summed E-state index contributed by atoms with van der Waals surface area (Å²) in [6.07, 6.45) is 5.11. The highest BCUT2D eigenvalue weighted by Crippen LogP contribution is 2.22. The third-order valence-corrected chi connectivity index (χ3v) is 4.85. The molecule has 0 aliphatic heterocycles. The SMILES string of the molecule is Cc1c([C@@H](C)NCc2ccc(Oc3ncccn3)cc2)cnn1-c1cccc(F)c1. The largest absolute Gasteiger partial charge is 0.424 e. The van der Waals surface area contributed by atoms with Crippen LogP contribution in [0.1, 0.15) is 29.8 Å². The molecule has 4 aromatic rings. The highest BCUT2D eigenvalue weighted by atomic mass is 19.1. The first-order valence-corrected chi connectivity index (χ1v) is 9.68. The lowest BCUT2D eigenvalue weighted by atomic mass is 10.1. The van der Waals surface area contributed by atoms with Crippen molar-refractivity contribution in [2.45, 2.75) is 26.4 Å². The van der Waals surface area contributed by atoms with Crippen LogP contribution < -0.4 is 10.1 Å². The Bertz CT molecular complexity index is 1110. The van der Waals surface area contributed by atoms with Crippen LogP contribution in [-0.4, -0.2) is 19.7 Å². The lowest BCUT2D eigenvalue weighted by Crippen LogP contribution is -2.18. The summed E-state index contributed by atoms with van der Waals surface area (Å²) in [5, 5.41) is 7.94. The second-order valence-electron chi connectivity index (χ2n) is 6.96. The molecule has 0 saturated carbocycles. The zero-order valence-corrected chi connectivity index (χ0v) is 16.8. The normalized spacial score (nSPS) is 12.0. The summed E-state index contributed by atoms with van der Waals surface area (Å²) in [7, 11) is 0. The van der Waals surface area contributed by atoms with Gasteiger partial charge in [0.05, 0.1) is 11.9 Å². The molecule has 30 heavy (non-hydrogen) atoms. The number of hydrogen-bond acceptors (Lipinski definition) is 5. The van der Waals surface area contributed by atoms with Crippen LogP contribution in [0.5, 0.6) is 11.8 Å². The molecule has 7 heteroatoms. The second-order valence-corrected chi connectivity index (χ2v) is 6.96. The maximum atomic E-state index is 13.5. The minimum Gasteiger partial charge on any atom is -0.424 e. The highest BCUT2D eigenvalue weighted by molar-refractivity contribution is 5.36. The van der Waals surface area contributed by atoms with E-state index >= 15 is 0 Å². The Balaban J connectivity index is 1.38. The fourth-order valence-corrected chi connectivity index (χ4v) is 3.22. The Morgan fingerprint density at radius 1 is 1.07 bits per heavy atom. The maximum Gasteiger partial charge on any atom is 0.321 e. The number of nitrogens with zero attached hydrogens (tertiary/aromatic N) is 4. The first-order valence-electron chi connectivity index (χ1n) is 9.68. The Morgan fingerprint density at radius 2 is 1.83 bits per heavy atom. The summed E-state index contributed by atoms with van der Waals surface area (Å²) in [5.41, 5.74) is 3.88. The molecule has 0 aliphatic rings. The van der Waals surface area contributed by atoms with Crippen LogP contribution in [0.15, 0.2) is 73.2 Å². The molecule has 2 heterocycles. The van der Waals surface area contributed by atoms with Crippen LogP contribution in [0, 0.1) is 12.7 Å². The van der Waals surface area contributed by atoms with Crippen molar-refractivity contribution in [2.75, 3.05) is 0 Å². The van der Waals surface area contributed by atoms with E-state index in [4.69, 9.17) is 4.74 Å². The van der Waals surface area contributed by atoms with Gasteiger partial charge >= 0.3 is 6.01 Å². The van der Waals surface area contributed by atoms with E-state index in [1.54, 1.807) is 29.2 Å². The van der Waals surface area contributed by atoms with Gasteiger partial charge < -0.3 is 10.1 Å². The highest BCUT2D eigenvalue weighted by Gasteiger charge is 2.14. The van der Waals surface area contributed by atoms with Crippen molar-refractivity contribution in [3.8, 4) is 17.4 Å². The van der Waals surface area contributed by atoms with Gasteiger partial charge in [0.15, 0.2) is 0 Å². The lowest BCUT2D eigenvalue weighted by Gasteiger charge is -2.14. The molecule has 4 rings (SSSR count). The van der Waals surface area contributed by atoms with Crippen LogP contribution in [0.25, 0.3) is 5.69 Å². The number of benzene rings is 2. The van der Waals surface area contributed by atoms with Gasteiger partial charge in [-0.15, -0.1) is 0 Å². The second kappa shape index (κ2) is 8.84. The number of rotatable bonds is 7. The Morgan fingerprint density at radius 3 is 2.57 bits per heavy atom.